The monoisotopic (exact) mass is 419 g/mol. The predicted octanol–water partition coefficient (Wildman–Crippen LogP) is 4.25. The van der Waals surface area contributed by atoms with Gasteiger partial charge in [-0.1, -0.05) is 30.3 Å². The number of aryl methyl sites for hydroxylation is 2. The number of rotatable bonds is 7. The molecule has 0 spiro atoms. The molecule has 1 amide bonds. The van der Waals surface area contributed by atoms with Crippen molar-refractivity contribution in [3.05, 3.63) is 69.8 Å². The summed E-state index contributed by atoms with van der Waals surface area (Å²) in [6.07, 6.45) is 0.987. The summed E-state index contributed by atoms with van der Waals surface area (Å²) < 4.78 is 11.6. The van der Waals surface area contributed by atoms with Crippen molar-refractivity contribution in [3.63, 3.8) is 0 Å². The molecule has 2 N–H and O–H groups in total. The fraction of sp³-hybridized carbons (Fsp3) is 0.280. The van der Waals surface area contributed by atoms with E-state index in [1.807, 2.05) is 50.2 Å². The maximum absolute atomic E-state index is 12.6. The first kappa shape index (κ1) is 20.9. The molecule has 0 atom stereocenters. The molecule has 0 saturated carbocycles. The van der Waals surface area contributed by atoms with E-state index >= 15 is 0 Å². The van der Waals surface area contributed by atoms with Gasteiger partial charge >= 0.3 is 5.63 Å². The molecule has 160 valence electrons. The fourth-order valence-electron chi connectivity index (χ4n) is 3.99. The fourth-order valence-corrected chi connectivity index (χ4v) is 3.99. The third kappa shape index (κ3) is 4.11. The summed E-state index contributed by atoms with van der Waals surface area (Å²) in [5.74, 6) is 0.649. The molecule has 0 fully saturated rings. The Morgan fingerprint density at radius 1 is 1.03 bits per heavy atom. The van der Waals surface area contributed by atoms with Gasteiger partial charge in [-0.2, -0.15) is 0 Å². The van der Waals surface area contributed by atoms with Gasteiger partial charge < -0.3 is 19.3 Å². The lowest BCUT2D eigenvalue weighted by Crippen LogP contribution is -2.26. The minimum Gasteiger partial charge on any atom is -0.461 e. The number of hydrogen-bond donors (Lipinski definition) is 2. The zero-order valence-electron chi connectivity index (χ0n) is 17.7. The van der Waals surface area contributed by atoms with Crippen LogP contribution in [0.1, 0.15) is 29.7 Å². The van der Waals surface area contributed by atoms with E-state index < -0.39 is 5.63 Å². The third-order valence-electron chi connectivity index (χ3n) is 5.59. The number of hydrogen-bond acceptors (Lipinski definition) is 5. The van der Waals surface area contributed by atoms with Crippen LogP contribution in [-0.4, -0.2) is 24.2 Å². The smallest absolute Gasteiger partial charge is 0.339 e. The van der Waals surface area contributed by atoms with Gasteiger partial charge in [-0.05, 0) is 43.9 Å². The normalized spacial score (nSPS) is 11.3. The number of fused-ring (bicyclic) bond motifs is 2. The Bertz CT molecular complexity index is 1300. The van der Waals surface area contributed by atoms with Gasteiger partial charge in [-0.15, -0.1) is 0 Å². The highest BCUT2D eigenvalue weighted by molar-refractivity contribution is 6.03. The number of carbonyl (C=O) groups is 1. The molecule has 0 aliphatic heterocycles. The molecule has 0 bridgehead atoms. The quantitative estimate of drug-likeness (QED) is 0.345. The van der Waals surface area contributed by atoms with Crippen molar-refractivity contribution in [1.82, 2.24) is 5.32 Å². The van der Waals surface area contributed by atoms with E-state index in [9.17, 15) is 9.59 Å². The zero-order valence-corrected chi connectivity index (χ0v) is 17.7. The van der Waals surface area contributed by atoms with Crippen molar-refractivity contribution in [2.45, 2.75) is 33.1 Å². The van der Waals surface area contributed by atoms with Crippen LogP contribution in [0.2, 0.25) is 0 Å². The van der Waals surface area contributed by atoms with Gasteiger partial charge in [0.25, 0.3) is 0 Å². The van der Waals surface area contributed by atoms with E-state index in [1.54, 1.807) is 6.07 Å². The van der Waals surface area contributed by atoms with Crippen molar-refractivity contribution in [2.24, 2.45) is 0 Å². The van der Waals surface area contributed by atoms with E-state index in [0.717, 1.165) is 33.2 Å². The van der Waals surface area contributed by atoms with Crippen molar-refractivity contribution in [1.29, 1.82) is 0 Å². The molecule has 4 rings (SSSR count). The van der Waals surface area contributed by atoms with E-state index in [2.05, 4.69) is 5.32 Å². The zero-order chi connectivity index (χ0) is 22.0. The summed E-state index contributed by atoms with van der Waals surface area (Å²) in [7, 11) is 0. The summed E-state index contributed by atoms with van der Waals surface area (Å²) in [5, 5.41) is 13.3. The van der Waals surface area contributed by atoms with Crippen LogP contribution in [0.25, 0.3) is 33.1 Å². The Hall–Kier alpha value is -3.38. The van der Waals surface area contributed by atoms with E-state index in [4.69, 9.17) is 13.9 Å². The van der Waals surface area contributed by atoms with Gasteiger partial charge in [0.05, 0.1) is 0 Å². The van der Waals surface area contributed by atoms with Crippen LogP contribution in [0, 0.1) is 13.8 Å². The number of aliphatic hydroxyl groups is 1. The third-order valence-corrected chi connectivity index (χ3v) is 5.59. The Kier molecular flexibility index (Phi) is 5.91. The van der Waals surface area contributed by atoms with Gasteiger partial charge in [0.2, 0.25) is 5.91 Å². The molecule has 31 heavy (non-hydrogen) atoms. The van der Waals surface area contributed by atoms with Gasteiger partial charge in [0.15, 0.2) is 0 Å². The maximum Gasteiger partial charge on any atom is 0.339 e. The van der Waals surface area contributed by atoms with Gasteiger partial charge in [0, 0.05) is 47.5 Å². The van der Waals surface area contributed by atoms with Crippen LogP contribution < -0.4 is 10.9 Å². The molecule has 0 aliphatic rings. The SMILES string of the molecule is Cc1oc2cc3oc(=O)c(CCC(=O)NCCCO)c(C)c3cc2c1-c1ccccc1. The van der Waals surface area contributed by atoms with E-state index in [1.165, 1.54) is 0 Å². The second kappa shape index (κ2) is 8.78. The molecule has 0 saturated heterocycles. The first-order valence-corrected chi connectivity index (χ1v) is 10.4. The van der Waals surface area contributed by atoms with Gasteiger partial charge in [-0.25, -0.2) is 4.79 Å². The number of furan rings is 1. The van der Waals surface area contributed by atoms with Crippen molar-refractivity contribution < 1.29 is 18.7 Å². The van der Waals surface area contributed by atoms with Crippen LogP contribution in [0.3, 0.4) is 0 Å². The molecule has 2 aromatic carbocycles. The van der Waals surface area contributed by atoms with Crippen LogP contribution in [-0.2, 0) is 11.2 Å². The molecule has 0 unspecified atom stereocenters. The van der Waals surface area contributed by atoms with Crippen LogP contribution in [0.4, 0.5) is 0 Å². The van der Waals surface area contributed by atoms with Crippen LogP contribution >= 0.6 is 0 Å². The Morgan fingerprint density at radius 2 is 1.77 bits per heavy atom. The number of benzene rings is 2. The molecular formula is C25H25NO5. The number of carbonyl (C=O) groups excluding carboxylic acids is 1. The highest BCUT2D eigenvalue weighted by atomic mass is 16.4. The van der Waals surface area contributed by atoms with E-state index in [0.29, 0.717) is 36.1 Å². The van der Waals surface area contributed by atoms with Crippen LogP contribution in [0.15, 0.2) is 56.1 Å². The first-order valence-electron chi connectivity index (χ1n) is 10.4. The van der Waals surface area contributed by atoms with Crippen LogP contribution in [0.5, 0.6) is 0 Å². The molecule has 2 heterocycles. The van der Waals surface area contributed by atoms with Gasteiger partial charge in [0.1, 0.15) is 16.9 Å². The van der Waals surface area contributed by atoms with E-state index in [-0.39, 0.29) is 18.9 Å². The molecule has 2 aromatic heterocycles. The lowest BCUT2D eigenvalue weighted by Gasteiger charge is -2.09. The highest BCUT2D eigenvalue weighted by Crippen LogP contribution is 2.37. The molecule has 0 radical (unpaired) electrons. The maximum atomic E-state index is 12.6. The standard InChI is InChI=1S/C25H25NO5/c1-15-18(9-10-23(28)26-11-6-12-27)25(29)31-21-14-22-20(13-19(15)21)24(16(2)30-22)17-7-4-3-5-8-17/h3-5,7-8,13-14,27H,6,9-12H2,1-2H3,(H,26,28). The summed E-state index contributed by atoms with van der Waals surface area (Å²) in [4.78, 5) is 24.6. The van der Waals surface area contributed by atoms with Crippen molar-refractivity contribution in [2.75, 3.05) is 13.2 Å². The molecule has 6 nitrogen and oxygen atoms in total. The Morgan fingerprint density at radius 3 is 2.52 bits per heavy atom. The Balaban J connectivity index is 1.74. The second-order valence-corrected chi connectivity index (χ2v) is 7.66. The van der Waals surface area contributed by atoms with Gasteiger partial charge in [-0.3, -0.25) is 4.79 Å². The predicted molar refractivity (Wildman–Crippen MR) is 120 cm³/mol. The summed E-state index contributed by atoms with van der Waals surface area (Å²) in [6.45, 7) is 4.26. The minimum atomic E-state index is -0.431. The lowest BCUT2D eigenvalue weighted by atomic mass is 9.98. The minimum absolute atomic E-state index is 0.0284. The lowest BCUT2D eigenvalue weighted by molar-refractivity contribution is -0.121. The summed E-state index contributed by atoms with van der Waals surface area (Å²) in [6, 6.07) is 13.8. The molecule has 6 heteroatoms. The molecule has 4 aromatic rings. The average Bonchev–Trinajstić information content (AvgIpc) is 3.07. The molecular weight excluding hydrogens is 394 g/mol. The van der Waals surface area contributed by atoms with Crippen molar-refractivity contribution in [3.8, 4) is 11.1 Å². The Labute approximate surface area is 179 Å². The number of aliphatic hydroxyl groups excluding tert-OH is 1. The largest absolute Gasteiger partial charge is 0.461 e. The summed E-state index contributed by atoms with van der Waals surface area (Å²) >= 11 is 0. The highest BCUT2D eigenvalue weighted by Gasteiger charge is 2.18. The summed E-state index contributed by atoms with van der Waals surface area (Å²) in [5.41, 5.74) is 4.11. The topological polar surface area (TPSA) is 92.7 Å². The first-order chi connectivity index (χ1) is 15.0. The second-order valence-electron chi connectivity index (χ2n) is 7.66. The number of nitrogens with one attached hydrogen (secondary N) is 1. The average molecular weight is 419 g/mol. The van der Waals surface area contributed by atoms with Crippen molar-refractivity contribution >= 4 is 27.8 Å². The number of amides is 1. The molecule has 0 aliphatic carbocycles.